The predicted molar refractivity (Wildman–Crippen MR) is 69.5 cm³/mol. The number of aryl methyl sites for hydroxylation is 1. The molecule has 0 aliphatic rings. The van der Waals surface area contributed by atoms with Gasteiger partial charge < -0.3 is 5.32 Å². The molecule has 0 atom stereocenters. The summed E-state index contributed by atoms with van der Waals surface area (Å²) in [5.74, 6) is 0.804. The minimum absolute atomic E-state index is 0.112. The zero-order valence-electron chi connectivity index (χ0n) is 10.6. The minimum atomic E-state index is -0.399. The highest BCUT2D eigenvalue weighted by atomic mass is 16.6. The average molecular weight is 261 g/mol. The Morgan fingerprint density at radius 3 is 2.68 bits per heavy atom. The molecule has 0 saturated carbocycles. The normalized spacial score (nSPS) is 10.6. The van der Waals surface area contributed by atoms with Gasteiger partial charge in [0.1, 0.15) is 6.33 Å². The second kappa shape index (κ2) is 6.05. The van der Waals surface area contributed by atoms with Crippen LogP contribution in [-0.2, 0) is 20.0 Å². The number of non-ortho nitro benzene ring substituents is 1. The largest absolute Gasteiger partial charge is 0.312 e. The molecule has 1 heterocycles. The summed E-state index contributed by atoms with van der Waals surface area (Å²) in [6, 6.07) is 6.53. The molecule has 0 aliphatic carbocycles. The number of nitrogens with zero attached hydrogens (tertiary/aromatic N) is 4. The lowest BCUT2D eigenvalue weighted by atomic mass is 10.2. The van der Waals surface area contributed by atoms with Crippen molar-refractivity contribution in [2.45, 2.75) is 13.0 Å². The van der Waals surface area contributed by atoms with E-state index in [2.05, 4.69) is 15.4 Å². The van der Waals surface area contributed by atoms with Gasteiger partial charge in [-0.15, -0.1) is 0 Å². The summed E-state index contributed by atoms with van der Waals surface area (Å²) in [5, 5.41) is 17.9. The number of nitro groups is 1. The van der Waals surface area contributed by atoms with Crippen molar-refractivity contribution < 1.29 is 4.92 Å². The Morgan fingerprint density at radius 2 is 2.11 bits per heavy atom. The lowest BCUT2D eigenvalue weighted by Gasteiger charge is -2.03. The van der Waals surface area contributed by atoms with Crippen molar-refractivity contribution in [1.29, 1.82) is 0 Å². The molecule has 0 saturated heterocycles. The maximum atomic E-state index is 10.5. The zero-order chi connectivity index (χ0) is 13.7. The molecule has 0 unspecified atom stereocenters. The summed E-state index contributed by atoms with van der Waals surface area (Å²) in [5.41, 5.74) is 1.13. The predicted octanol–water partition coefficient (Wildman–Crippen LogP) is 1.06. The van der Waals surface area contributed by atoms with Crippen LogP contribution in [0.25, 0.3) is 0 Å². The van der Waals surface area contributed by atoms with Crippen LogP contribution in [-0.4, -0.2) is 26.2 Å². The van der Waals surface area contributed by atoms with Gasteiger partial charge in [-0.1, -0.05) is 12.1 Å². The average Bonchev–Trinajstić information content (AvgIpc) is 2.81. The first-order valence-corrected chi connectivity index (χ1v) is 5.94. The summed E-state index contributed by atoms with van der Waals surface area (Å²) in [6.07, 6.45) is 2.43. The monoisotopic (exact) mass is 261 g/mol. The van der Waals surface area contributed by atoms with Crippen LogP contribution in [0.4, 0.5) is 5.69 Å². The van der Waals surface area contributed by atoms with Crippen molar-refractivity contribution >= 4 is 5.69 Å². The maximum Gasteiger partial charge on any atom is 0.269 e. The molecule has 0 spiro atoms. The van der Waals surface area contributed by atoms with E-state index >= 15 is 0 Å². The molecule has 19 heavy (non-hydrogen) atoms. The van der Waals surface area contributed by atoms with Gasteiger partial charge in [0.2, 0.25) is 0 Å². The van der Waals surface area contributed by atoms with Crippen LogP contribution >= 0.6 is 0 Å². The fraction of sp³-hybridized carbons (Fsp3) is 0.333. The maximum absolute atomic E-state index is 10.5. The van der Waals surface area contributed by atoms with Gasteiger partial charge >= 0.3 is 0 Å². The Kier molecular flexibility index (Phi) is 4.19. The summed E-state index contributed by atoms with van der Waals surface area (Å²) >= 11 is 0. The summed E-state index contributed by atoms with van der Waals surface area (Å²) in [7, 11) is 1.83. The van der Waals surface area contributed by atoms with E-state index in [9.17, 15) is 10.1 Å². The Bertz CT molecular complexity index is 550. The fourth-order valence-corrected chi connectivity index (χ4v) is 1.67. The van der Waals surface area contributed by atoms with Gasteiger partial charge in [-0.2, -0.15) is 5.10 Å². The Morgan fingerprint density at radius 1 is 1.37 bits per heavy atom. The van der Waals surface area contributed by atoms with Crippen LogP contribution in [0.1, 0.15) is 11.4 Å². The summed E-state index contributed by atoms with van der Waals surface area (Å²) < 4.78 is 1.67. The summed E-state index contributed by atoms with van der Waals surface area (Å²) in [6.45, 7) is 1.44. The van der Waals surface area contributed by atoms with Gasteiger partial charge in [0.05, 0.1) is 4.92 Å². The molecule has 0 bridgehead atoms. The highest BCUT2D eigenvalue weighted by molar-refractivity contribution is 5.32. The number of benzene rings is 1. The second-order valence-electron chi connectivity index (χ2n) is 4.18. The van der Waals surface area contributed by atoms with Crippen molar-refractivity contribution in [2.75, 3.05) is 6.54 Å². The highest BCUT2D eigenvalue weighted by Crippen LogP contribution is 2.11. The van der Waals surface area contributed by atoms with E-state index in [0.29, 0.717) is 6.54 Å². The van der Waals surface area contributed by atoms with E-state index < -0.39 is 4.92 Å². The molecular formula is C12H15N5O2. The van der Waals surface area contributed by atoms with Crippen molar-refractivity contribution in [3.63, 3.8) is 0 Å². The molecule has 100 valence electrons. The molecule has 1 N–H and O–H groups in total. The lowest BCUT2D eigenvalue weighted by molar-refractivity contribution is -0.384. The fourth-order valence-electron chi connectivity index (χ4n) is 1.67. The smallest absolute Gasteiger partial charge is 0.269 e. The van der Waals surface area contributed by atoms with Gasteiger partial charge in [0.15, 0.2) is 5.82 Å². The Balaban J connectivity index is 1.75. The first kappa shape index (κ1) is 13.2. The van der Waals surface area contributed by atoms with E-state index in [1.807, 2.05) is 7.05 Å². The molecule has 0 aliphatic heterocycles. The first-order valence-electron chi connectivity index (χ1n) is 5.94. The van der Waals surface area contributed by atoms with Crippen LogP contribution < -0.4 is 5.32 Å². The van der Waals surface area contributed by atoms with Crippen LogP contribution in [0.3, 0.4) is 0 Å². The number of rotatable bonds is 6. The van der Waals surface area contributed by atoms with Crippen LogP contribution in [0.15, 0.2) is 30.6 Å². The van der Waals surface area contributed by atoms with Crippen molar-refractivity contribution in [3.05, 3.63) is 52.1 Å². The van der Waals surface area contributed by atoms with Crippen LogP contribution in [0.5, 0.6) is 0 Å². The molecule has 0 amide bonds. The second-order valence-corrected chi connectivity index (χ2v) is 4.18. The van der Waals surface area contributed by atoms with E-state index in [0.717, 1.165) is 24.4 Å². The molecule has 1 aromatic heterocycles. The van der Waals surface area contributed by atoms with Crippen molar-refractivity contribution in [3.8, 4) is 0 Å². The molecule has 1 aromatic carbocycles. The third-order valence-corrected chi connectivity index (χ3v) is 2.65. The number of hydrogen-bond acceptors (Lipinski definition) is 5. The standard InChI is InChI=1S/C12H15N5O2/c1-16-9-14-12(15-16)6-7-13-8-10-2-4-11(5-3-10)17(18)19/h2-5,9,13H,6-8H2,1H3. The molecule has 2 aromatic rings. The molecular weight excluding hydrogens is 246 g/mol. The minimum Gasteiger partial charge on any atom is -0.312 e. The number of aromatic nitrogens is 3. The summed E-state index contributed by atoms with van der Waals surface area (Å²) in [4.78, 5) is 14.2. The SMILES string of the molecule is Cn1cnc(CCNCc2ccc([N+](=O)[O-])cc2)n1. The van der Waals surface area contributed by atoms with Crippen molar-refractivity contribution in [2.24, 2.45) is 7.05 Å². The van der Waals surface area contributed by atoms with Crippen LogP contribution in [0, 0.1) is 10.1 Å². The van der Waals surface area contributed by atoms with E-state index in [1.165, 1.54) is 12.1 Å². The van der Waals surface area contributed by atoms with Gasteiger partial charge in [0, 0.05) is 38.7 Å². The van der Waals surface area contributed by atoms with Gasteiger partial charge in [-0.05, 0) is 5.56 Å². The van der Waals surface area contributed by atoms with Crippen molar-refractivity contribution in [1.82, 2.24) is 20.1 Å². The van der Waals surface area contributed by atoms with Crippen LogP contribution in [0.2, 0.25) is 0 Å². The molecule has 0 radical (unpaired) electrons. The van der Waals surface area contributed by atoms with E-state index in [4.69, 9.17) is 0 Å². The topological polar surface area (TPSA) is 85.9 Å². The molecule has 7 heteroatoms. The lowest BCUT2D eigenvalue weighted by Crippen LogP contribution is -2.17. The first-order chi connectivity index (χ1) is 9.15. The van der Waals surface area contributed by atoms with Gasteiger partial charge in [-0.25, -0.2) is 4.98 Å². The molecule has 0 fully saturated rings. The van der Waals surface area contributed by atoms with E-state index in [-0.39, 0.29) is 5.69 Å². The number of nitro benzene ring substituents is 1. The third-order valence-electron chi connectivity index (χ3n) is 2.65. The molecule has 7 nitrogen and oxygen atoms in total. The zero-order valence-corrected chi connectivity index (χ0v) is 10.6. The Hall–Kier alpha value is -2.28. The van der Waals surface area contributed by atoms with Gasteiger partial charge in [0.25, 0.3) is 5.69 Å². The third kappa shape index (κ3) is 3.85. The number of hydrogen-bond donors (Lipinski definition) is 1. The Labute approximate surface area is 110 Å². The van der Waals surface area contributed by atoms with E-state index in [1.54, 1.807) is 23.1 Å². The number of nitrogens with one attached hydrogen (secondary N) is 1. The quantitative estimate of drug-likeness (QED) is 0.477. The van der Waals surface area contributed by atoms with Gasteiger partial charge in [-0.3, -0.25) is 14.8 Å². The highest BCUT2D eigenvalue weighted by Gasteiger charge is 2.03. The molecule has 2 rings (SSSR count).